The average Bonchev–Trinajstić information content (AvgIpc) is 2.30. The van der Waals surface area contributed by atoms with Gasteiger partial charge in [-0.25, -0.2) is 0 Å². The first-order valence-corrected chi connectivity index (χ1v) is 8.71. The number of hydrogen-bond donors (Lipinski definition) is 0. The van der Waals surface area contributed by atoms with Gasteiger partial charge in [-0.3, -0.25) is 0 Å². The second-order valence-corrected chi connectivity index (χ2v) is 7.52. The topological polar surface area (TPSA) is 0 Å². The van der Waals surface area contributed by atoms with Crippen LogP contribution in [0.5, 0.6) is 0 Å². The zero-order valence-electron chi connectivity index (χ0n) is 9.59. The standard InChI is InChI=1S/C13H18FSe/c1-4-12(14)13(5-2)15(3)11-9-7-6-8-10-11/h6-10H,4-5H2,1-3H3/q+1/b13-12+. The van der Waals surface area contributed by atoms with Gasteiger partial charge in [-0.05, 0) is 0 Å². The first kappa shape index (κ1) is 12.5. The Balaban J connectivity index is 2.97. The first-order chi connectivity index (χ1) is 7.20. The molecule has 0 bridgehead atoms. The maximum absolute atomic E-state index is 13.6. The fraction of sp³-hybridized carbons (Fsp3) is 0.385. The van der Waals surface area contributed by atoms with E-state index < -0.39 is 13.9 Å². The van der Waals surface area contributed by atoms with Gasteiger partial charge in [-0.1, -0.05) is 0 Å². The predicted molar refractivity (Wildman–Crippen MR) is 66.4 cm³/mol. The third kappa shape index (κ3) is 3.19. The molecule has 0 aliphatic rings. The van der Waals surface area contributed by atoms with E-state index in [2.05, 4.69) is 18.0 Å². The minimum absolute atomic E-state index is 0.105. The molecule has 0 nitrogen and oxygen atoms in total. The Morgan fingerprint density at radius 2 is 1.73 bits per heavy atom. The van der Waals surface area contributed by atoms with Gasteiger partial charge in [0.15, 0.2) is 0 Å². The van der Waals surface area contributed by atoms with Gasteiger partial charge in [0, 0.05) is 0 Å². The van der Waals surface area contributed by atoms with Crippen molar-refractivity contribution in [3.8, 4) is 0 Å². The zero-order valence-corrected chi connectivity index (χ0v) is 11.3. The van der Waals surface area contributed by atoms with Crippen LogP contribution >= 0.6 is 0 Å². The van der Waals surface area contributed by atoms with Crippen molar-refractivity contribution in [1.82, 2.24) is 0 Å². The van der Waals surface area contributed by atoms with Crippen molar-refractivity contribution in [2.45, 2.75) is 32.5 Å². The van der Waals surface area contributed by atoms with E-state index in [1.54, 1.807) is 0 Å². The fourth-order valence-electron chi connectivity index (χ4n) is 1.54. The van der Waals surface area contributed by atoms with Gasteiger partial charge in [0.1, 0.15) is 0 Å². The molecule has 1 rings (SSSR count). The van der Waals surface area contributed by atoms with Crippen molar-refractivity contribution in [2.24, 2.45) is 0 Å². The molecule has 0 aromatic heterocycles. The molecule has 0 saturated carbocycles. The molecule has 1 aromatic carbocycles. The summed E-state index contributed by atoms with van der Waals surface area (Å²) in [5.41, 5.74) is 0. The number of hydrogen-bond acceptors (Lipinski definition) is 0. The van der Waals surface area contributed by atoms with Crippen LogP contribution in [0.3, 0.4) is 0 Å². The van der Waals surface area contributed by atoms with Gasteiger partial charge in [-0.2, -0.15) is 0 Å². The quantitative estimate of drug-likeness (QED) is 0.735. The van der Waals surface area contributed by atoms with Crippen LogP contribution in [-0.2, 0) is 0 Å². The molecule has 82 valence electrons. The summed E-state index contributed by atoms with van der Waals surface area (Å²) in [6.07, 6.45) is 1.37. The molecule has 0 amide bonds. The van der Waals surface area contributed by atoms with E-state index in [1.165, 1.54) is 4.46 Å². The molecule has 15 heavy (non-hydrogen) atoms. The van der Waals surface area contributed by atoms with E-state index in [-0.39, 0.29) is 5.83 Å². The molecule has 0 aliphatic heterocycles. The molecule has 0 saturated heterocycles. The molecular weight excluding hydrogens is 254 g/mol. The summed E-state index contributed by atoms with van der Waals surface area (Å²) in [5.74, 6) is 2.30. The van der Waals surface area contributed by atoms with Crippen molar-refractivity contribution >= 4 is 18.4 Å². The summed E-state index contributed by atoms with van der Waals surface area (Å²) in [4.78, 5) is 0. The normalized spacial score (nSPS) is 14.7. The Kier molecular flexibility index (Phi) is 5.07. The molecule has 0 N–H and O–H groups in total. The molecule has 2 heteroatoms. The number of allylic oxidation sites excluding steroid dienone is 2. The summed E-state index contributed by atoms with van der Waals surface area (Å²) in [6.45, 7) is 3.93. The van der Waals surface area contributed by atoms with E-state index in [4.69, 9.17) is 0 Å². The summed E-state index contributed by atoms with van der Waals surface area (Å²) >= 11 is -1.10. The monoisotopic (exact) mass is 273 g/mol. The van der Waals surface area contributed by atoms with Crippen LogP contribution in [0.4, 0.5) is 4.39 Å². The van der Waals surface area contributed by atoms with Crippen LogP contribution in [0.2, 0.25) is 5.82 Å². The van der Waals surface area contributed by atoms with Gasteiger partial charge in [0.2, 0.25) is 0 Å². The van der Waals surface area contributed by atoms with Crippen molar-refractivity contribution in [3.63, 3.8) is 0 Å². The molecule has 1 aromatic rings. The third-order valence-corrected chi connectivity index (χ3v) is 7.08. The first-order valence-electron chi connectivity index (χ1n) is 5.29. The molecule has 0 radical (unpaired) electrons. The Morgan fingerprint density at radius 3 is 2.20 bits per heavy atom. The molecule has 1 atom stereocenters. The maximum atomic E-state index is 13.6. The number of rotatable bonds is 4. The summed E-state index contributed by atoms with van der Waals surface area (Å²) in [5, 5.41) is 0. The average molecular weight is 272 g/mol. The van der Waals surface area contributed by atoms with Crippen LogP contribution in [0, 0.1) is 0 Å². The molecule has 0 heterocycles. The van der Waals surface area contributed by atoms with Crippen molar-refractivity contribution < 1.29 is 4.39 Å². The van der Waals surface area contributed by atoms with Gasteiger partial charge in [-0.15, -0.1) is 0 Å². The van der Waals surface area contributed by atoms with Crippen LogP contribution < -0.4 is 4.46 Å². The van der Waals surface area contributed by atoms with E-state index in [1.807, 2.05) is 32.0 Å². The predicted octanol–water partition coefficient (Wildman–Crippen LogP) is 3.60. The summed E-state index contributed by atoms with van der Waals surface area (Å²) in [6, 6.07) is 10.3. The summed E-state index contributed by atoms with van der Waals surface area (Å²) < 4.78 is 16.0. The second kappa shape index (κ2) is 6.09. The van der Waals surface area contributed by atoms with E-state index in [0.29, 0.717) is 6.42 Å². The van der Waals surface area contributed by atoms with Crippen LogP contribution in [-0.4, -0.2) is 13.9 Å². The van der Waals surface area contributed by atoms with Crippen LogP contribution in [0.25, 0.3) is 0 Å². The fourth-order valence-corrected chi connectivity index (χ4v) is 5.23. The Morgan fingerprint density at radius 1 is 1.13 bits per heavy atom. The minimum atomic E-state index is -1.10. The van der Waals surface area contributed by atoms with Crippen molar-refractivity contribution in [1.29, 1.82) is 0 Å². The Bertz CT molecular complexity index is 330. The van der Waals surface area contributed by atoms with E-state index in [0.717, 1.165) is 10.9 Å². The second-order valence-electron chi connectivity index (χ2n) is 3.36. The molecule has 0 spiro atoms. The van der Waals surface area contributed by atoms with Crippen molar-refractivity contribution in [3.05, 3.63) is 40.6 Å². The molecule has 0 fully saturated rings. The SMILES string of the molecule is CC/C(F)=C(/CC)[Se+](C)c1ccccc1. The molecule has 1 unspecified atom stereocenters. The van der Waals surface area contributed by atoms with Crippen LogP contribution in [0.1, 0.15) is 26.7 Å². The van der Waals surface area contributed by atoms with Gasteiger partial charge in [0.05, 0.1) is 0 Å². The summed E-state index contributed by atoms with van der Waals surface area (Å²) in [7, 11) is 0. The van der Waals surface area contributed by atoms with E-state index >= 15 is 0 Å². The zero-order chi connectivity index (χ0) is 11.3. The van der Waals surface area contributed by atoms with E-state index in [9.17, 15) is 4.39 Å². The van der Waals surface area contributed by atoms with Gasteiger partial charge in [0.25, 0.3) is 0 Å². The van der Waals surface area contributed by atoms with Gasteiger partial charge >= 0.3 is 95.9 Å². The van der Waals surface area contributed by atoms with Crippen molar-refractivity contribution in [2.75, 3.05) is 0 Å². The Hall–Kier alpha value is -0.591. The number of benzene rings is 1. The molecule has 0 aliphatic carbocycles. The van der Waals surface area contributed by atoms with Crippen LogP contribution in [0.15, 0.2) is 40.6 Å². The molecular formula is C13H18FSe+. The number of halogens is 1. The van der Waals surface area contributed by atoms with Gasteiger partial charge < -0.3 is 0 Å². The third-order valence-electron chi connectivity index (χ3n) is 2.40. The Labute approximate surface area is 96.1 Å².